The van der Waals surface area contributed by atoms with Gasteiger partial charge in [-0.2, -0.15) is 0 Å². The lowest BCUT2D eigenvalue weighted by Crippen LogP contribution is -2.37. The number of nitrogens with one attached hydrogen (secondary N) is 1. The molecule has 1 fully saturated rings. The molecular formula is C15H23N3O2. The lowest BCUT2D eigenvalue weighted by atomic mass is 9.85. The number of hydrogen-bond donors (Lipinski definition) is 2. The van der Waals surface area contributed by atoms with Crippen LogP contribution in [-0.4, -0.2) is 48.1 Å². The Balaban J connectivity index is 2.02. The fraction of sp³-hybridized carbons (Fsp3) is 0.600. The van der Waals surface area contributed by atoms with E-state index in [4.69, 9.17) is 5.11 Å². The van der Waals surface area contributed by atoms with Gasteiger partial charge in [-0.1, -0.05) is 18.9 Å². The van der Waals surface area contributed by atoms with Crippen LogP contribution in [0.15, 0.2) is 18.2 Å². The van der Waals surface area contributed by atoms with Crippen molar-refractivity contribution in [1.29, 1.82) is 0 Å². The number of anilines is 1. The third kappa shape index (κ3) is 3.70. The van der Waals surface area contributed by atoms with Gasteiger partial charge in [0.2, 0.25) is 0 Å². The van der Waals surface area contributed by atoms with Crippen LogP contribution in [0.4, 0.5) is 5.82 Å². The van der Waals surface area contributed by atoms with E-state index in [1.54, 1.807) is 6.07 Å². The van der Waals surface area contributed by atoms with Crippen LogP contribution in [0, 0.1) is 5.41 Å². The summed E-state index contributed by atoms with van der Waals surface area (Å²) in [5.74, 6) is -0.340. The van der Waals surface area contributed by atoms with E-state index in [-0.39, 0.29) is 11.1 Å². The fourth-order valence-corrected chi connectivity index (χ4v) is 3.12. The Morgan fingerprint density at radius 2 is 2.10 bits per heavy atom. The summed E-state index contributed by atoms with van der Waals surface area (Å²) >= 11 is 0. The first-order valence-electron chi connectivity index (χ1n) is 7.10. The Hall–Kier alpha value is -1.62. The first kappa shape index (κ1) is 14.8. The van der Waals surface area contributed by atoms with Gasteiger partial charge in [0.05, 0.1) is 0 Å². The van der Waals surface area contributed by atoms with Gasteiger partial charge in [-0.25, -0.2) is 9.78 Å². The summed E-state index contributed by atoms with van der Waals surface area (Å²) in [6, 6.07) is 5.06. The van der Waals surface area contributed by atoms with Crippen molar-refractivity contribution < 1.29 is 9.90 Å². The molecule has 110 valence electrons. The van der Waals surface area contributed by atoms with Crippen molar-refractivity contribution in [3.63, 3.8) is 0 Å². The summed E-state index contributed by atoms with van der Waals surface area (Å²) in [4.78, 5) is 17.3. The number of carboxylic acid groups (broad SMARTS) is 1. The Labute approximate surface area is 120 Å². The zero-order chi connectivity index (χ0) is 14.6. The van der Waals surface area contributed by atoms with Crippen LogP contribution in [0.5, 0.6) is 0 Å². The Morgan fingerprint density at radius 1 is 1.40 bits per heavy atom. The van der Waals surface area contributed by atoms with Crippen molar-refractivity contribution in [2.45, 2.75) is 25.7 Å². The maximum atomic E-state index is 10.9. The van der Waals surface area contributed by atoms with Crippen LogP contribution < -0.4 is 5.32 Å². The number of hydrogen-bond acceptors (Lipinski definition) is 4. The highest BCUT2D eigenvalue weighted by Gasteiger charge is 2.34. The Bertz CT molecular complexity index is 468. The maximum absolute atomic E-state index is 10.9. The van der Waals surface area contributed by atoms with Crippen molar-refractivity contribution in [3.8, 4) is 0 Å². The van der Waals surface area contributed by atoms with E-state index in [9.17, 15) is 4.79 Å². The molecule has 0 unspecified atom stereocenters. The molecule has 1 aromatic rings. The molecule has 0 radical (unpaired) electrons. The van der Waals surface area contributed by atoms with E-state index in [1.165, 1.54) is 31.7 Å². The lowest BCUT2D eigenvalue weighted by molar-refractivity contribution is 0.0690. The molecule has 0 aliphatic heterocycles. The van der Waals surface area contributed by atoms with Crippen LogP contribution >= 0.6 is 0 Å². The number of carboxylic acids is 1. The highest BCUT2D eigenvalue weighted by molar-refractivity contribution is 5.85. The summed E-state index contributed by atoms with van der Waals surface area (Å²) in [5, 5.41) is 12.3. The van der Waals surface area contributed by atoms with E-state index in [1.807, 2.05) is 6.07 Å². The van der Waals surface area contributed by atoms with E-state index in [0.29, 0.717) is 5.82 Å². The molecule has 0 amide bonds. The summed E-state index contributed by atoms with van der Waals surface area (Å²) < 4.78 is 0. The van der Waals surface area contributed by atoms with Crippen LogP contribution in [-0.2, 0) is 0 Å². The monoisotopic (exact) mass is 277 g/mol. The van der Waals surface area contributed by atoms with Crippen LogP contribution in [0.3, 0.4) is 0 Å². The number of nitrogens with zero attached hydrogens (tertiary/aromatic N) is 2. The molecule has 0 spiro atoms. The van der Waals surface area contributed by atoms with Gasteiger partial charge in [-0.15, -0.1) is 0 Å². The Morgan fingerprint density at radius 3 is 2.70 bits per heavy atom. The molecule has 5 heteroatoms. The predicted molar refractivity (Wildman–Crippen MR) is 79.1 cm³/mol. The van der Waals surface area contributed by atoms with Crippen molar-refractivity contribution in [2.24, 2.45) is 5.41 Å². The summed E-state index contributed by atoms with van der Waals surface area (Å²) in [6.45, 7) is 1.90. The minimum atomic E-state index is -0.988. The van der Waals surface area contributed by atoms with Gasteiger partial charge in [0.15, 0.2) is 5.69 Å². The first-order chi connectivity index (χ1) is 9.51. The number of pyridine rings is 1. The average Bonchev–Trinajstić information content (AvgIpc) is 2.85. The zero-order valence-electron chi connectivity index (χ0n) is 12.2. The number of aromatic nitrogens is 1. The summed E-state index contributed by atoms with van der Waals surface area (Å²) in [5.41, 5.74) is 0.368. The zero-order valence-corrected chi connectivity index (χ0v) is 12.2. The van der Waals surface area contributed by atoms with E-state index < -0.39 is 5.97 Å². The van der Waals surface area contributed by atoms with E-state index >= 15 is 0 Å². The van der Waals surface area contributed by atoms with Gasteiger partial charge in [-0.3, -0.25) is 0 Å². The number of rotatable bonds is 6. The van der Waals surface area contributed by atoms with Crippen molar-refractivity contribution in [3.05, 3.63) is 23.9 Å². The minimum absolute atomic E-state index is 0.0862. The average molecular weight is 277 g/mol. The van der Waals surface area contributed by atoms with Crippen molar-refractivity contribution >= 4 is 11.8 Å². The lowest BCUT2D eigenvalue weighted by Gasteiger charge is -2.32. The number of aromatic carboxylic acids is 1. The molecule has 0 bridgehead atoms. The molecule has 0 aromatic carbocycles. The largest absolute Gasteiger partial charge is 0.477 e. The van der Waals surface area contributed by atoms with Gasteiger partial charge in [-0.05, 0) is 39.1 Å². The fourth-order valence-electron chi connectivity index (χ4n) is 3.12. The quantitative estimate of drug-likeness (QED) is 0.835. The van der Waals surface area contributed by atoms with Crippen molar-refractivity contribution in [2.75, 3.05) is 32.5 Å². The molecule has 2 N–H and O–H groups in total. The molecule has 1 aliphatic rings. The second-order valence-corrected chi connectivity index (χ2v) is 6.01. The SMILES string of the molecule is CN(C)CC1(CNc2cccc(C(=O)O)n2)CCCC1. The standard InChI is InChI=1S/C15H23N3O2/c1-18(2)11-15(8-3-4-9-15)10-16-13-7-5-6-12(17-13)14(19)20/h5-7H,3-4,8-11H2,1-2H3,(H,16,17)(H,19,20). The number of carbonyl (C=O) groups is 1. The maximum Gasteiger partial charge on any atom is 0.354 e. The molecule has 1 aromatic heterocycles. The first-order valence-corrected chi connectivity index (χ1v) is 7.10. The van der Waals surface area contributed by atoms with E-state index in [0.717, 1.165) is 13.1 Å². The van der Waals surface area contributed by atoms with Gasteiger partial charge in [0, 0.05) is 18.5 Å². The smallest absolute Gasteiger partial charge is 0.354 e. The van der Waals surface area contributed by atoms with Crippen LogP contribution in [0.25, 0.3) is 0 Å². The highest BCUT2D eigenvalue weighted by atomic mass is 16.4. The third-order valence-corrected chi connectivity index (χ3v) is 3.93. The van der Waals surface area contributed by atoms with E-state index in [2.05, 4.69) is 29.3 Å². The molecule has 1 aliphatic carbocycles. The van der Waals surface area contributed by atoms with Crippen LogP contribution in [0.1, 0.15) is 36.2 Å². The second-order valence-electron chi connectivity index (χ2n) is 6.01. The summed E-state index contributed by atoms with van der Waals surface area (Å²) in [7, 11) is 4.20. The van der Waals surface area contributed by atoms with Gasteiger partial charge < -0.3 is 15.3 Å². The molecular weight excluding hydrogens is 254 g/mol. The molecule has 0 saturated heterocycles. The van der Waals surface area contributed by atoms with Crippen molar-refractivity contribution in [1.82, 2.24) is 9.88 Å². The van der Waals surface area contributed by atoms with Gasteiger partial charge in [0.25, 0.3) is 0 Å². The Kier molecular flexibility index (Phi) is 4.60. The summed E-state index contributed by atoms with van der Waals surface area (Å²) in [6.07, 6.45) is 4.99. The topological polar surface area (TPSA) is 65.5 Å². The molecule has 20 heavy (non-hydrogen) atoms. The third-order valence-electron chi connectivity index (χ3n) is 3.93. The minimum Gasteiger partial charge on any atom is -0.477 e. The van der Waals surface area contributed by atoms with Gasteiger partial charge >= 0.3 is 5.97 Å². The van der Waals surface area contributed by atoms with Crippen LogP contribution in [0.2, 0.25) is 0 Å². The predicted octanol–water partition coefficient (Wildman–Crippen LogP) is 2.31. The van der Waals surface area contributed by atoms with Gasteiger partial charge in [0.1, 0.15) is 5.82 Å². The molecule has 5 nitrogen and oxygen atoms in total. The normalized spacial score (nSPS) is 17.4. The molecule has 0 atom stereocenters. The molecule has 1 heterocycles. The second kappa shape index (κ2) is 6.22. The molecule has 2 rings (SSSR count). The molecule has 1 saturated carbocycles. The highest BCUT2D eigenvalue weighted by Crippen LogP contribution is 2.38.